The van der Waals surface area contributed by atoms with E-state index in [-0.39, 0.29) is 17.4 Å². The first-order valence-electron chi connectivity index (χ1n) is 9.77. The molecule has 0 spiro atoms. The van der Waals surface area contributed by atoms with E-state index in [0.717, 1.165) is 35.5 Å². The van der Waals surface area contributed by atoms with Gasteiger partial charge >= 0.3 is 0 Å². The van der Waals surface area contributed by atoms with Crippen LogP contribution in [-0.2, 0) is 11.3 Å². The van der Waals surface area contributed by atoms with Crippen LogP contribution in [0.15, 0.2) is 41.2 Å². The summed E-state index contributed by atoms with van der Waals surface area (Å²) in [4.78, 5) is 29.1. The second kappa shape index (κ2) is 7.43. The Bertz CT molecular complexity index is 933. The third kappa shape index (κ3) is 3.44. The van der Waals surface area contributed by atoms with Gasteiger partial charge in [-0.1, -0.05) is 12.1 Å². The topological polar surface area (TPSA) is 54.8 Å². The number of fused-ring (bicyclic) bond motifs is 4. The zero-order valence-corrected chi connectivity index (χ0v) is 16.7. The first-order chi connectivity index (χ1) is 13.5. The second-order valence-electron chi connectivity index (χ2n) is 8.14. The lowest BCUT2D eigenvalue weighted by atomic mass is 9.80. The Kier molecular flexibility index (Phi) is 4.98. The van der Waals surface area contributed by atoms with Crippen LogP contribution in [0.3, 0.4) is 0 Å². The quantitative estimate of drug-likeness (QED) is 0.813. The van der Waals surface area contributed by atoms with E-state index in [1.165, 1.54) is 0 Å². The molecule has 3 heterocycles. The molecular weight excluding hydrogens is 354 g/mol. The Morgan fingerprint density at radius 3 is 2.54 bits per heavy atom. The van der Waals surface area contributed by atoms with E-state index >= 15 is 0 Å². The molecule has 1 aromatic heterocycles. The molecule has 0 N–H and O–H groups in total. The predicted octanol–water partition coefficient (Wildman–Crippen LogP) is 2.03. The predicted molar refractivity (Wildman–Crippen MR) is 109 cm³/mol. The fourth-order valence-electron chi connectivity index (χ4n) is 4.60. The maximum absolute atomic E-state index is 12.6. The summed E-state index contributed by atoms with van der Waals surface area (Å²) in [5.74, 6) is 1.49. The number of ether oxygens (including phenoxy) is 1. The molecule has 6 nitrogen and oxygen atoms in total. The zero-order chi connectivity index (χ0) is 19.8. The molecule has 2 aromatic rings. The van der Waals surface area contributed by atoms with E-state index in [4.69, 9.17) is 4.74 Å². The highest BCUT2D eigenvalue weighted by Gasteiger charge is 2.37. The molecular formula is C22H27N3O3. The van der Waals surface area contributed by atoms with Gasteiger partial charge in [-0.15, -0.1) is 0 Å². The van der Waals surface area contributed by atoms with Crippen LogP contribution in [0.4, 0.5) is 0 Å². The van der Waals surface area contributed by atoms with Crippen molar-refractivity contribution in [3.63, 3.8) is 0 Å². The average molecular weight is 381 g/mol. The van der Waals surface area contributed by atoms with E-state index < -0.39 is 0 Å². The number of benzene rings is 1. The Hall–Kier alpha value is -2.60. The van der Waals surface area contributed by atoms with Crippen LogP contribution in [0.5, 0.6) is 5.75 Å². The summed E-state index contributed by atoms with van der Waals surface area (Å²) in [5.41, 5.74) is 3.26. The van der Waals surface area contributed by atoms with Crippen LogP contribution in [0, 0.1) is 5.92 Å². The molecule has 0 radical (unpaired) electrons. The molecule has 6 heteroatoms. The van der Waals surface area contributed by atoms with Gasteiger partial charge in [-0.3, -0.25) is 9.59 Å². The first kappa shape index (κ1) is 18.7. The summed E-state index contributed by atoms with van der Waals surface area (Å²) < 4.78 is 7.21. The Morgan fingerprint density at radius 2 is 1.86 bits per heavy atom. The Balaban J connectivity index is 1.72. The third-order valence-electron chi connectivity index (χ3n) is 5.80. The lowest BCUT2D eigenvalue weighted by molar-refractivity contribution is -0.134. The van der Waals surface area contributed by atoms with Gasteiger partial charge in [0.15, 0.2) is 0 Å². The highest BCUT2D eigenvalue weighted by atomic mass is 16.5. The molecule has 0 aliphatic carbocycles. The van der Waals surface area contributed by atoms with Gasteiger partial charge in [0.1, 0.15) is 5.75 Å². The van der Waals surface area contributed by atoms with Crippen molar-refractivity contribution in [2.24, 2.45) is 5.92 Å². The van der Waals surface area contributed by atoms with Crippen LogP contribution in [0.1, 0.15) is 18.0 Å². The molecule has 2 bridgehead atoms. The molecule has 2 aliphatic rings. The fourth-order valence-corrected chi connectivity index (χ4v) is 4.60. The molecule has 1 saturated heterocycles. The normalized spacial score (nSPS) is 20.8. The molecule has 1 fully saturated rings. The van der Waals surface area contributed by atoms with Gasteiger partial charge < -0.3 is 19.1 Å². The standard InChI is InChI=1S/C22H27N3O3/c1-23(2)14-21(27)24-11-15-10-17(13-24)22-19(8-9-20(26)25(22)12-15)16-4-6-18(28-3)7-5-16/h4-9,15,17H,10-14H2,1-3H3. The van der Waals surface area contributed by atoms with Crippen molar-refractivity contribution in [1.82, 2.24) is 14.4 Å². The smallest absolute Gasteiger partial charge is 0.250 e. The Morgan fingerprint density at radius 1 is 1.11 bits per heavy atom. The number of hydrogen-bond donors (Lipinski definition) is 0. The van der Waals surface area contributed by atoms with Crippen molar-refractivity contribution in [3.8, 4) is 16.9 Å². The number of rotatable bonds is 4. The zero-order valence-electron chi connectivity index (χ0n) is 16.7. The number of hydrogen-bond acceptors (Lipinski definition) is 4. The van der Waals surface area contributed by atoms with Crippen molar-refractivity contribution in [2.45, 2.75) is 18.9 Å². The molecule has 28 heavy (non-hydrogen) atoms. The third-order valence-corrected chi connectivity index (χ3v) is 5.80. The van der Waals surface area contributed by atoms with E-state index in [0.29, 0.717) is 25.6 Å². The molecule has 2 aliphatic heterocycles. The Labute approximate surface area is 165 Å². The molecule has 2 unspecified atom stereocenters. The van der Waals surface area contributed by atoms with Gasteiger partial charge in [-0.2, -0.15) is 0 Å². The van der Waals surface area contributed by atoms with Crippen LogP contribution in [-0.4, -0.2) is 61.1 Å². The summed E-state index contributed by atoms with van der Waals surface area (Å²) in [6, 6.07) is 11.5. The van der Waals surface area contributed by atoms with Crippen LogP contribution >= 0.6 is 0 Å². The van der Waals surface area contributed by atoms with Crippen LogP contribution in [0.25, 0.3) is 11.1 Å². The highest BCUT2D eigenvalue weighted by Crippen LogP contribution is 2.40. The summed E-state index contributed by atoms with van der Waals surface area (Å²) in [6.07, 6.45) is 1.03. The molecule has 2 atom stereocenters. The monoisotopic (exact) mass is 381 g/mol. The average Bonchev–Trinajstić information content (AvgIpc) is 2.68. The number of nitrogens with zero attached hydrogens (tertiary/aromatic N) is 3. The SMILES string of the molecule is COc1ccc(-c2ccc(=O)n3c2C2CC(CN(C(=O)CN(C)C)C2)C3)cc1. The van der Waals surface area contributed by atoms with Gasteiger partial charge in [0, 0.05) is 42.9 Å². The van der Waals surface area contributed by atoms with Crippen molar-refractivity contribution in [3.05, 3.63) is 52.4 Å². The van der Waals surface area contributed by atoms with Gasteiger partial charge in [0.05, 0.1) is 13.7 Å². The van der Waals surface area contributed by atoms with Crippen molar-refractivity contribution >= 4 is 5.91 Å². The van der Waals surface area contributed by atoms with E-state index in [9.17, 15) is 9.59 Å². The minimum Gasteiger partial charge on any atom is -0.497 e. The number of amides is 1. The highest BCUT2D eigenvalue weighted by molar-refractivity contribution is 5.78. The largest absolute Gasteiger partial charge is 0.497 e. The van der Waals surface area contributed by atoms with Gasteiger partial charge in [0.2, 0.25) is 5.91 Å². The van der Waals surface area contributed by atoms with Crippen molar-refractivity contribution < 1.29 is 9.53 Å². The maximum atomic E-state index is 12.6. The molecule has 0 saturated carbocycles. The summed E-state index contributed by atoms with van der Waals surface area (Å²) in [6.45, 7) is 2.52. The van der Waals surface area contributed by atoms with Crippen molar-refractivity contribution in [2.75, 3.05) is 40.8 Å². The second-order valence-corrected chi connectivity index (χ2v) is 8.14. The number of carbonyl (C=O) groups excluding carboxylic acids is 1. The van der Waals surface area contributed by atoms with Crippen molar-refractivity contribution in [1.29, 1.82) is 0 Å². The number of likely N-dealkylation sites (N-methyl/N-ethyl adjacent to an activating group) is 1. The molecule has 1 aromatic carbocycles. The van der Waals surface area contributed by atoms with Gasteiger partial charge in [-0.25, -0.2) is 0 Å². The lowest BCUT2D eigenvalue weighted by Crippen LogP contribution is -2.51. The minimum absolute atomic E-state index is 0.0510. The summed E-state index contributed by atoms with van der Waals surface area (Å²) >= 11 is 0. The molecule has 148 valence electrons. The molecule has 1 amide bonds. The number of methoxy groups -OCH3 is 1. The van der Waals surface area contributed by atoms with Crippen LogP contribution < -0.4 is 10.3 Å². The van der Waals surface area contributed by atoms with E-state index in [1.54, 1.807) is 13.2 Å². The maximum Gasteiger partial charge on any atom is 0.250 e. The lowest BCUT2D eigenvalue weighted by Gasteiger charge is -2.43. The van der Waals surface area contributed by atoms with Gasteiger partial charge in [-0.05, 0) is 50.2 Å². The number of piperidine rings is 1. The molecule has 4 rings (SSSR count). The summed E-state index contributed by atoms with van der Waals surface area (Å²) in [7, 11) is 5.49. The van der Waals surface area contributed by atoms with E-state index in [2.05, 4.69) is 0 Å². The van der Waals surface area contributed by atoms with Crippen LogP contribution in [0.2, 0.25) is 0 Å². The summed E-state index contributed by atoms with van der Waals surface area (Å²) in [5, 5.41) is 0. The van der Waals surface area contributed by atoms with Gasteiger partial charge in [0.25, 0.3) is 5.56 Å². The fraction of sp³-hybridized carbons (Fsp3) is 0.455. The number of aromatic nitrogens is 1. The first-order valence-corrected chi connectivity index (χ1v) is 9.77. The minimum atomic E-state index is 0.0510. The number of likely N-dealkylation sites (tertiary alicyclic amines) is 1. The number of pyridine rings is 1. The van der Waals surface area contributed by atoms with E-state index in [1.807, 2.05) is 58.8 Å². The number of carbonyl (C=O) groups is 1.